The molecule has 0 aliphatic rings. The number of nitrogens with one attached hydrogen (secondary N) is 1. The number of aliphatic carboxylic acids is 1. The molecule has 4 aromatic rings. The maximum Gasteiger partial charge on any atom is 0.339 e. The zero-order valence-corrected chi connectivity index (χ0v) is 21.2. The molecule has 7 heteroatoms. The van der Waals surface area contributed by atoms with Crippen LogP contribution in [0, 0.1) is 26.7 Å². The van der Waals surface area contributed by atoms with Gasteiger partial charge in [-0.15, -0.1) is 0 Å². The van der Waals surface area contributed by atoms with Crippen LogP contribution >= 0.6 is 0 Å². The molecule has 36 heavy (non-hydrogen) atoms. The molecule has 0 fully saturated rings. The molecule has 0 saturated carbocycles. The van der Waals surface area contributed by atoms with Crippen LogP contribution in [0.15, 0.2) is 50.0 Å². The minimum absolute atomic E-state index is 0.0136. The van der Waals surface area contributed by atoms with E-state index in [1.807, 2.05) is 71.0 Å². The van der Waals surface area contributed by atoms with Gasteiger partial charge in [-0.1, -0.05) is 44.2 Å². The topological polar surface area (TPSA) is 110 Å². The summed E-state index contributed by atoms with van der Waals surface area (Å²) in [4.78, 5) is 36.9. The number of rotatable bonds is 8. The molecule has 2 heterocycles. The van der Waals surface area contributed by atoms with Crippen molar-refractivity contribution in [1.29, 1.82) is 0 Å². The highest BCUT2D eigenvalue weighted by Crippen LogP contribution is 2.39. The Morgan fingerprint density at radius 1 is 0.972 bits per heavy atom. The SMILES string of the molecule is Cc1oc2c(C)c3oc(=O)c(CCC(=O)N[C@@H](CC(C)C)C(=O)O)c(C)c3cc2c1-c1ccccc1. The zero-order valence-electron chi connectivity index (χ0n) is 21.2. The molecule has 0 unspecified atom stereocenters. The molecule has 2 aromatic heterocycles. The maximum absolute atomic E-state index is 12.9. The van der Waals surface area contributed by atoms with Gasteiger partial charge in [-0.25, -0.2) is 9.59 Å². The van der Waals surface area contributed by atoms with E-state index in [9.17, 15) is 19.5 Å². The van der Waals surface area contributed by atoms with Crippen LogP contribution < -0.4 is 10.9 Å². The van der Waals surface area contributed by atoms with Gasteiger partial charge in [-0.3, -0.25) is 4.79 Å². The molecule has 1 atom stereocenters. The first-order chi connectivity index (χ1) is 17.1. The number of hydrogen-bond donors (Lipinski definition) is 2. The van der Waals surface area contributed by atoms with Crippen LogP contribution in [-0.2, 0) is 16.0 Å². The summed E-state index contributed by atoms with van der Waals surface area (Å²) in [6.07, 6.45) is 0.471. The van der Waals surface area contributed by atoms with Gasteiger partial charge in [0.2, 0.25) is 5.91 Å². The molecule has 0 bridgehead atoms. The van der Waals surface area contributed by atoms with E-state index in [2.05, 4.69) is 5.32 Å². The largest absolute Gasteiger partial charge is 0.480 e. The predicted molar refractivity (Wildman–Crippen MR) is 139 cm³/mol. The number of carbonyl (C=O) groups is 2. The van der Waals surface area contributed by atoms with Crippen molar-refractivity contribution in [2.24, 2.45) is 5.92 Å². The van der Waals surface area contributed by atoms with Gasteiger partial charge in [-0.2, -0.15) is 0 Å². The fourth-order valence-corrected chi connectivity index (χ4v) is 4.82. The molecule has 0 saturated heterocycles. The number of carboxylic acids is 1. The monoisotopic (exact) mass is 489 g/mol. The summed E-state index contributed by atoms with van der Waals surface area (Å²) >= 11 is 0. The molecule has 188 valence electrons. The van der Waals surface area contributed by atoms with Crippen LogP contribution in [0.4, 0.5) is 0 Å². The molecule has 1 amide bonds. The van der Waals surface area contributed by atoms with E-state index in [4.69, 9.17) is 8.83 Å². The number of aryl methyl sites for hydroxylation is 3. The van der Waals surface area contributed by atoms with Gasteiger partial charge in [-0.05, 0) is 56.7 Å². The van der Waals surface area contributed by atoms with Crippen LogP contribution in [0.5, 0.6) is 0 Å². The van der Waals surface area contributed by atoms with E-state index >= 15 is 0 Å². The van der Waals surface area contributed by atoms with Gasteiger partial charge in [0.1, 0.15) is 23.0 Å². The van der Waals surface area contributed by atoms with Crippen molar-refractivity contribution in [2.75, 3.05) is 0 Å². The van der Waals surface area contributed by atoms with E-state index in [0.717, 1.165) is 38.8 Å². The van der Waals surface area contributed by atoms with Gasteiger partial charge in [0.05, 0.1) is 0 Å². The quantitative estimate of drug-likeness (QED) is 0.308. The highest BCUT2D eigenvalue weighted by Gasteiger charge is 2.23. The highest BCUT2D eigenvalue weighted by molar-refractivity contribution is 6.05. The lowest BCUT2D eigenvalue weighted by molar-refractivity contribution is -0.142. The van der Waals surface area contributed by atoms with Crippen LogP contribution in [0.25, 0.3) is 33.1 Å². The van der Waals surface area contributed by atoms with Crippen LogP contribution in [0.1, 0.15) is 49.1 Å². The third kappa shape index (κ3) is 4.78. The molecule has 0 radical (unpaired) electrons. The van der Waals surface area contributed by atoms with Crippen LogP contribution in [0.3, 0.4) is 0 Å². The summed E-state index contributed by atoms with van der Waals surface area (Å²) in [5.41, 5.74) is 4.57. The minimum atomic E-state index is -1.07. The van der Waals surface area contributed by atoms with E-state index in [1.165, 1.54) is 0 Å². The van der Waals surface area contributed by atoms with Crippen molar-refractivity contribution in [2.45, 2.75) is 59.9 Å². The highest BCUT2D eigenvalue weighted by atomic mass is 16.4. The second-order valence-electron chi connectivity index (χ2n) is 9.74. The summed E-state index contributed by atoms with van der Waals surface area (Å²) in [5.74, 6) is -0.581. The van der Waals surface area contributed by atoms with Gasteiger partial charge in [0, 0.05) is 33.9 Å². The number of benzene rings is 2. The number of amides is 1. The second-order valence-corrected chi connectivity index (χ2v) is 9.74. The van der Waals surface area contributed by atoms with Crippen LogP contribution in [0.2, 0.25) is 0 Å². The molecular formula is C29H31NO6. The molecule has 0 aliphatic carbocycles. The fraction of sp³-hybridized carbons (Fsp3) is 0.345. The zero-order chi connectivity index (χ0) is 26.1. The Labute approximate surface area is 209 Å². The van der Waals surface area contributed by atoms with Gasteiger partial charge >= 0.3 is 11.6 Å². The number of fused-ring (bicyclic) bond motifs is 2. The Hall–Kier alpha value is -3.87. The lowest BCUT2D eigenvalue weighted by Gasteiger charge is -2.16. The van der Waals surface area contributed by atoms with Crippen molar-refractivity contribution < 1.29 is 23.5 Å². The Morgan fingerprint density at radius 2 is 1.64 bits per heavy atom. The summed E-state index contributed by atoms with van der Waals surface area (Å²) in [6.45, 7) is 9.44. The minimum Gasteiger partial charge on any atom is -0.480 e. The van der Waals surface area contributed by atoms with Gasteiger partial charge in [0.25, 0.3) is 0 Å². The lowest BCUT2D eigenvalue weighted by Crippen LogP contribution is -2.41. The number of furan rings is 1. The van der Waals surface area contributed by atoms with Gasteiger partial charge in [0.15, 0.2) is 0 Å². The fourth-order valence-electron chi connectivity index (χ4n) is 4.82. The Bertz CT molecular complexity index is 1510. The normalized spacial score (nSPS) is 12.4. The van der Waals surface area contributed by atoms with Crippen LogP contribution in [-0.4, -0.2) is 23.0 Å². The summed E-state index contributed by atoms with van der Waals surface area (Å²) in [6, 6.07) is 11.0. The Balaban J connectivity index is 1.71. The average molecular weight is 490 g/mol. The van der Waals surface area contributed by atoms with Gasteiger partial charge < -0.3 is 19.3 Å². The third-order valence-corrected chi connectivity index (χ3v) is 6.64. The van der Waals surface area contributed by atoms with Crippen molar-refractivity contribution in [3.05, 3.63) is 69.3 Å². The molecule has 0 aliphatic heterocycles. The summed E-state index contributed by atoms with van der Waals surface area (Å²) in [5, 5.41) is 13.7. The molecule has 2 N–H and O–H groups in total. The molecule has 7 nitrogen and oxygen atoms in total. The van der Waals surface area contributed by atoms with Crippen molar-refractivity contribution in [1.82, 2.24) is 5.32 Å². The Kier molecular flexibility index (Phi) is 7.02. The lowest BCUT2D eigenvalue weighted by atomic mass is 9.96. The van der Waals surface area contributed by atoms with Crippen molar-refractivity contribution in [3.63, 3.8) is 0 Å². The molecule has 0 spiro atoms. The smallest absolute Gasteiger partial charge is 0.339 e. The summed E-state index contributed by atoms with van der Waals surface area (Å²) < 4.78 is 11.8. The van der Waals surface area contributed by atoms with E-state index in [-0.39, 0.29) is 18.8 Å². The number of hydrogen-bond acceptors (Lipinski definition) is 5. The van der Waals surface area contributed by atoms with E-state index in [1.54, 1.807) is 0 Å². The summed E-state index contributed by atoms with van der Waals surface area (Å²) in [7, 11) is 0. The first kappa shape index (κ1) is 25.2. The van der Waals surface area contributed by atoms with E-state index in [0.29, 0.717) is 23.2 Å². The first-order valence-corrected chi connectivity index (χ1v) is 12.1. The molecule has 4 rings (SSSR count). The standard InChI is InChI=1S/C29H31NO6/c1-15(2)13-23(28(32)33)30-24(31)12-11-20-16(3)21-14-22-25(19-9-7-6-8-10-19)18(5)35-27(22)17(4)26(21)36-29(20)34/h6-10,14-15,23H,11-13H2,1-5H3,(H,30,31)(H,32,33)/t23-/m0/s1. The first-order valence-electron chi connectivity index (χ1n) is 12.1. The van der Waals surface area contributed by atoms with E-state index < -0.39 is 23.5 Å². The molecular weight excluding hydrogens is 458 g/mol. The van der Waals surface area contributed by atoms with Crippen molar-refractivity contribution in [3.8, 4) is 11.1 Å². The number of carbonyl (C=O) groups excluding carboxylic acids is 1. The maximum atomic E-state index is 12.9. The Morgan fingerprint density at radius 3 is 2.28 bits per heavy atom. The molecule has 2 aromatic carbocycles. The predicted octanol–water partition coefficient (Wildman–Crippen LogP) is 5.68. The second kappa shape index (κ2) is 10.0. The van der Waals surface area contributed by atoms with Crippen molar-refractivity contribution >= 4 is 33.8 Å². The number of carboxylic acid groups (broad SMARTS) is 1. The average Bonchev–Trinajstić information content (AvgIpc) is 3.16. The third-order valence-electron chi connectivity index (χ3n) is 6.64.